The van der Waals surface area contributed by atoms with E-state index in [2.05, 4.69) is 4.98 Å². The van der Waals surface area contributed by atoms with Crippen LogP contribution in [0.5, 0.6) is 11.6 Å². The summed E-state index contributed by atoms with van der Waals surface area (Å²) in [5.74, 6) is -0.0725. The van der Waals surface area contributed by atoms with Crippen LogP contribution in [0.2, 0.25) is 0 Å². The molecule has 0 radical (unpaired) electrons. The van der Waals surface area contributed by atoms with Crippen LogP contribution in [0.15, 0.2) is 42.6 Å². The Morgan fingerprint density at radius 1 is 1.04 bits per heavy atom. The normalized spacial score (nSPS) is 14.8. The first-order chi connectivity index (χ1) is 11.9. The highest BCUT2D eigenvalue weighted by Crippen LogP contribution is 2.41. The van der Waals surface area contributed by atoms with Crippen LogP contribution in [0.4, 0.5) is 13.2 Å². The highest BCUT2D eigenvalue weighted by atomic mass is 35.6. The van der Waals surface area contributed by atoms with E-state index < -0.39 is 21.1 Å². The molecule has 1 atom stereocenters. The largest absolute Gasteiger partial charge is 0.439 e. The van der Waals surface area contributed by atoms with Crippen LogP contribution in [0, 0.1) is 0 Å². The minimum atomic E-state index is -4.49. The molecule has 0 saturated heterocycles. The van der Waals surface area contributed by atoms with E-state index in [-0.39, 0.29) is 23.9 Å². The van der Waals surface area contributed by atoms with Crippen LogP contribution in [-0.2, 0) is 11.8 Å². The monoisotopic (exact) mass is 447 g/mol. The molecule has 0 spiro atoms. The zero-order chi connectivity index (χ0) is 19.6. The number of pyridine rings is 1. The van der Waals surface area contributed by atoms with E-state index in [9.17, 15) is 18.3 Å². The molecular formula is C16H12Cl4F3NO2. The summed E-state index contributed by atoms with van der Waals surface area (Å²) >= 11 is 23.1. The van der Waals surface area contributed by atoms with Crippen molar-refractivity contribution in [3.63, 3.8) is 0 Å². The zero-order valence-electron chi connectivity index (χ0n) is 12.9. The molecule has 0 aliphatic heterocycles. The number of halogens is 7. The first kappa shape index (κ1) is 21.4. The molecule has 0 fully saturated rings. The predicted molar refractivity (Wildman–Crippen MR) is 95.3 cm³/mol. The summed E-state index contributed by atoms with van der Waals surface area (Å²) in [5, 5.41) is 10.7. The van der Waals surface area contributed by atoms with Gasteiger partial charge in [-0.2, -0.15) is 13.2 Å². The average Bonchev–Trinajstić information content (AvgIpc) is 2.53. The van der Waals surface area contributed by atoms with Crippen LogP contribution >= 0.6 is 46.4 Å². The summed E-state index contributed by atoms with van der Waals surface area (Å²) in [5.41, 5.74) is -2.21. The highest BCUT2D eigenvalue weighted by Gasteiger charge is 2.38. The van der Waals surface area contributed by atoms with Gasteiger partial charge in [0.2, 0.25) is 5.88 Å². The maximum Gasteiger partial charge on any atom is 0.417 e. The minimum absolute atomic E-state index is 0.0501. The zero-order valence-corrected chi connectivity index (χ0v) is 15.9. The first-order valence-corrected chi connectivity index (χ1v) is 8.76. The third-order valence-electron chi connectivity index (χ3n) is 3.37. The second-order valence-corrected chi connectivity index (χ2v) is 8.25. The minimum Gasteiger partial charge on any atom is -0.439 e. The van der Waals surface area contributed by atoms with Gasteiger partial charge in [0.25, 0.3) is 0 Å². The van der Waals surface area contributed by atoms with Crippen molar-refractivity contribution in [2.45, 2.75) is 22.0 Å². The molecule has 0 amide bonds. The summed E-state index contributed by atoms with van der Waals surface area (Å²) in [6.45, 7) is 0. The predicted octanol–water partition coefficient (Wildman–Crippen LogP) is 6.08. The van der Waals surface area contributed by atoms with E-state index in [4.69, 9.17) is 51.1 Å². The van der Waals surface area contributed by atoms with E-state index in [1.54, 1.807) is 12.1 Å². The third kappa shape index (κ3) is 5.79. The number of hydrogen-bond acceptors (Lipinski definition) is 3. The van der Waals surface area contributed by atoms with Crippen LogP contribution in [0.25, 0.3) is 0 Å². The standard InChI is InChI=1S/C16H12Cl4F3NO2/c17-9-14(25,8-15(18,19)20)10-2-1-3-12(6-10)26-13-5-4-11(7-24-13)16(21,22)23/h1-7,25H,8-9H2. The summed E-state index contributed by atoms with van der Waals surface area (Å²) in [7, 11) is 0. The summed E-state index contributed by atoms with van der Waals surface area (Å²) in [4.78, 5) is 3.62. The van der Waals surface area contributed by atoms with Gasteiger partial charge in [-0.05, 0) is 23.8 Å². The van der Waals surface area contributed by atoms with Gasteiger partial charge in [0.1, 0.15) is 11.4 Å². The molecule has 1 aromatic carbocycles. The van der Waals surface area contributed by atoms with Crippen molar-refractivity contribution >= 4 is 46.4 Å². The van der Waals surface area contributed by atoms with Crippen LogP contribution in [0.3, 0.4) is 0 Å². The molecule has 1 unspecified atom stereocenters. The first-order valence-electron chi connectivity index (χ1n) is 7.10. The highest BCUT2D eigenvalue weighted by molar-refractivity contribution is 6.67. The van der Waals surface area contributed by atoms with Gasteiger partial charge in [-0.3, -0.25) is 0 Å². The Balaban J connectivity index is 2.23. The van der Waals surface area contributed by atoms with Gasteiger partial charge >= 0.3 is 6.18 Å². The number of alkyl halides is 7. The number of hydrogen-bond donors (Lipinski definition) is 1. The van der Waals surface area contributed by atoms with Crippen molar-refractivity contribution in [3.8, 4) is 11.6 Å². The second kappa shape index (κ2) is 7.98. The van der Waals surface area contributed by atoms with Crippen molar-refractivity contribution in [1.29, 1.82) is 0 Å². The lowest BCUT2D eigenvalue weighted by Gasteiger charge is -2.29. The molecule has 142 valence electrons. The SMILES string of the molecule is OC(CCl)(CC(Cl)(Cl)Cl)c1cccc(Oc2ccc(C(F)(F)F)cn2)c1. The van der Waals surface area contributed by atoms with Crippen molar-refractivity contribution in [1.82, 2.24) is 4.98 Å². The number of rotatable bonds is 5. The fourth-order valence-corrected chi connectivity index (χ4v) is 3.05. The van der Waals surface area contributed by atoms with Crippen molar-refractivity contribution in [3.05, 3.63) is 53.7 Å². The van der Waals surface area contributed by atoms with Gasteiger partial charge in [-0.1, -0.05) is 46.9 Å². The molecular weight excluding hydrogens is 437 g/mol. The van der Waals surface area contributed by atoms with E-state index in [1.165, 1.54) is 12.1 Å². The summed E-state index contributed by atoms with van der Waals surface area (Å²) < 4.78 is 41.3. The molecule has 0 aliphatic rings. The van der Waals surface area contributed by atoms with E-state index in [0.717, 1.165) is 12.1 Å². The quantitative estimate of drug-likeness (QED) is 0.563. The molecule has 0 aliphatic carbocycles. The molecule has 26 heavy (non-hydrogen) atoms. The van der Waals surface area contributed by atoms with Gasteiger partial charge in [0, 0.05) is 18.7 Å². The molecule has 1 heterocycles. The Bertz CT molecular complexity index is 750. The maximum absolute atomic E-state index is 12.6. The van der Waals surface area contributed by atoms with Crippen molar-refractivity contribution in [2.75, 3.05) is 5.88 Å². The van der Waals surface area contributed by atoms with E-state index in [0.29, 0.717) is 11.8 Å². The Kier molecular flexibility index (Phi) is 6.57. The molecule has 2 aromatic rings. The van der Waals surface area contributed by atoms with Crippen LogP contribution in [-0.4, -0.2) is 19.8 Å². The molecule has 0 saturated carbocycles. The number of benzene rings is 1. The summed E-state index contributed by atoms with van der Waals surface area (Å²) in [6, 6.07) is 8.04. The fourth-order valence-electron chi connectivity index (χ4n) is 2.14. The number of aromatic nitrogens is 1. The van der Waals surface area contributed by atoms with Crippen LogP contribution < -0.4 is 4.74 Å². The Labute approximate surface area is 167 Å². The second-order valence-electron chi connectivity index (χ2n) is 5.47. The molecule has 1 aromatic heterocycles. The summed E-state index contributed by atoms with van der Waals surface area (Å²) in [6.07, 6.45) is -4.09. The lowest BCUT2D eigenvalue weighted by molar-refractivity contribution is -0.137. The third-order valence-corrected chi connectivity index (χ3v) is 4.21. The molecule has 2 rings (SSSR count). The Morgan fingerprint density at radius 3 is 2.23 bits per heavy atom. The molecule has 10 heteroatoms. The number of aliphatic hydroxyl groups is 1. The lowest BCUT2D eigenvalue weighted by atomic mass is 9.93. The topological polar surface area (TPSA) is 42.4 Å². The van der Waals surface area contributed by atoms with Gasteiger partial charge in [0.05, 0.1) is 11.4 Å². The molecule has 1 N–H and O–H groups in total. The molecule has 3 nitrogen and oxygen atoms in total. The maximum atomic E-state index is 12.6. The van der Waals surface area contributed by atoms with E-state index >= 15 is 0 Å². The van der Waals surface area contributed by atoms with Gasteiger partial charge < -0.3 is 9.84 Å². The van der Waals surface area contributed by atoms with Gasteiger partial charge in [0.15, 0.2) is 3.79 Å². The van der Waals surface area contributed by atoms with Gasteiger partial charge in [-0.25, -0.2) is 4.98 Å². The molecule has 0 bridgehead atoms. The smallest absolute Gasteiger partial charge is 0.417 e. The number of nitrogens with zero attached hydrogens (tertiary/aromatic N) is 1. The van der Waals surface area contributed by atoms with Crippen molar-refractivity contribution in [2.24, 2.45) is 0 Å². The average molecular weight is 449 g/mol. The Hall–Kier alpha value is -0.920. The van der Waals surface area contributed by atoms with E-state index in [1.807, 2.05) is 0 Å². The van der Waals surface area contributed by atoms with Crippen molar-refractivity contribution < 1.29 is 23.0 Å². The van der Waals surface area contributed by atoms with Crippen LogP contribution in [0.1, 0.15) is 17.5 Å². The fraction of sp³-hybridized carbons (Fsp3) is 0.312. The Morgan fingerprint density at radius 2 is 1.73 bits per heavy atom. The number of ether oxygens (including phenoxy) is 1. The van der Waals surface area contributed by atoms with Gasteiger partial charge in [-0.15, -0.1) is 11.6 Å². The lowest BCUT2D eigenvalue weighted by Crippen LogP contribution is -2.32.